The molecule has 1 saturated heterocycles. The quantitative estimate of drug-likeness (QED) is 0.912. The molecule has 0 aromatic heterocycles. The van der Waals surface area contributed by atoms with E-state index < -0.39 is 0 Å². The van der Waals surface area contributed by atoms with Gasteiger partial charge in [0.05, 0.1) is 18.9 Å². The summed E-state index contributed by atoms with van der Waals surface area (Å²) in [5.41, 5.74) is 1.18. The van der Waals surface area contributed by atoms with Gasteiger partial charge in [0, 0.05) is 32.2 Å². The summed E-state index contributed by atoms with van der Waals surface area (Å²) in [6.45, 7) is 4.06. The van der Waals surface area contributed by atoms with Crippen LogP contribution in [-0.2, 0) is 0 Å². The summed E-state index contributed by atoms with van der Waals surface area (Å²) in [7, 11) is 1.73. The van der Waals surface area contributed by atoms with Crippen LogP contribution in [0.1, 0.15) is 19.3 Å². The second-order valence-corrected chi connectivity index (χ2v) is 5.76. The summed E-state index contributed by atoms with van der Waals surface area (Å²) in [4.78, 5) is 4.85. The zero-order chi connectivity index (χ0) is 13.9. The first-order valence-corrected chi connectivity index (χ1v) is 7.59. The van der Waals surface area contributed by atoms with Gasteiger partial charge in [-0.2, -0.15) is 0 Å². The third kappa shape index (κ3) is 2.63. The lowest BCUT2D eigenvalue weighted by atomic mass is 10.1. The minimum atomic E-state index is -0.118. The van der Waals surface area contributed by atoms with Gasteiger partial charge in [-0.3, -0.25) is 4.90 Å². The van der Waals surface area contributed by atoms with Crippen molar-refractivity contribution in [3.05, 3.63) is 24.3 Å². The number of aliphatic hydroxyl groups excluding tert-OH is 1. The number of ether oxygens (including phenoxy) is 1. The molecule has 2 aliphatic rings. The number of anilines is 1. The maximum Gasteiger partial charge on any atom is 0.142 e. The van der Waals surface area contributed by atoms with Crippen LogP contribution in [0.25, 0.3) is 0 Å². The summed E-state index contributed by atoms with van der Waals surface area (Å²) in [5, 5.41) is 10.0. The molecule has 1 aliphatic carbocycles. The Labute approximate surface area is 120 Å². The Morgan fingerprint density at radius 2 is 1.85 bits per heavy atom. The summed E-state index contributed by atoms with van der Waals surface area (Å²) >= 11 is 0. The summed E-state index contributed by atoms with van der Waals surface area (Å²) < 4.78 is 5.45. The molecule has 1 N–H and O–H groups in total. The van der Waals surface area contributed by atoms with Crippen LogP contribution in [0.3, 0.4) is 0 Å². The van der Waals surface area contributed by atoms with E-state index in [1.54, 1.807) is 7.11 Å². The third-order valence-corrected chi connectivity index (χ3v) is 4.65. The average molecular weight is 276 g/mol. The fourth-order valence-electron chi connectivity index (χ4n) is 3.53. The monoisotopic (exact) mass is 276 g/mol. The van der Waals surface area contributed by atoms with E-state index in [1.807, 2.05) is 12.1 Å². The van der Waals surface area contributed by atoms with Crippen molar-refractivity contribution < 1.29 is 9.84 Å². The number of benzene rings is 1. The van der Waals surface area contributed by atoms with Crippen LogP contribution < -0.4 is 9.64 Å². The minimum Gasteiger partial charge on any atom is -0.495 e. The van der Waals surface area contributed by atoms with Crippen molar-refractivity contribution in [2.75, 3.05) is 38.2 Å². The Hall–Kier alpha value is -1.26. The standard InChI is InChI=1S/C16H24N2O2/c1-20-16-8-3-2-5-14(16)18-11-9-17(10-12-18)13-6-4-7-15(13)19/h2-3,5,8,13,15,19H,4,6-7,9-12H2,1H3/t13-,15-/m1/s1. The van der Waals surface area contributed by atoms with Crippen LogP contribution >= 0.6 is 0 Å². The van der Waals surface area contributed by atoms with Crippen LogP contribution in [0.15, 0.2) is 24.3 Å². The van der Waals surface area contributed by atoms with Crippen LogP contribution in [0, 0.1) is 0 Å². The highest BCUT2D eigenvalue weighted by Gasteiger charge is 2.32. The molecule has 2 fully saturated rings. The molecule has 0 radical (unpaired) electrons. The van der Waals surface area contributed by atoms with Gasteiger partial charge in [-0.05, 0) is 31.4 Å². The maximum absolute atomic E-state index is 10.0. The van der Waals surface area contributed by atoms with Gasteiger partial charge in [-0.1, -0.05) is 12.1 Å². The normalized spacial score (nSPS) is 27.8. The number of piperazine rings is 1. The van der Waals surface area contributed by atoms with Crippen molar-refractivity contribution in [1.29, 1.82) is 0 Å². The predicted molar refractivity (Wildman–Crippen MR) is 80.4 cm³/mol. The number of hydrogen-bond donors (Lipinski definition) is 1. The van der Waals surface area contributed by atoms with Gasteiger partial charge in [0.1, 0.15) is 5.75 Å². The number of nitrogens with zero attached hydrogens (tertiary/aromatic N) is 2. The molecular weight excluding hydrogens is 252 g/mol. The number of aliphatic hydroxyl groups is 1. The van der Waals surface area contributed by atoms with Crippen molar-refractivity contribution in [2.24, 2.45) is 0 Å². The predicted octanol–water partition coefficient (Wildman–Crippen LogP) is 1.73. The highest BCUT2D eigenvalue weighted by atomic mass is 16.5. The average Bonchev–Trinajstić information content (AvgIpc) is 2.93. The Bertz CT molecular complexity index is 444. The van der Waals surface area contributed by atoms with E-state index in [0.717, 1.165) is 44.8 Å². The molecule has 4 heteroatoms. The number of para-hydroxylation sites is 2. The molecule has 1 aromatic rings. The molecule has 1 aromatic carbocycles. The second-order valence-electron chi connectivity index (χ2n) is 5.76. The Morgan fingerprint density at radius 3 is 2.50 bits per heavy atom. The molecule has 1 heterocycles. The highest BCUT2D eigenvalue weighted by Crippen LogP contribution is 2.30. The van der Waals surface area contributed by atoms with Gasteiger partial charge in [0.25, 0.3) is 0 Å². The highest BCUT2D eigenvalue weighted by molar-refractivity contribution is 5.58. The van der Waals surface area contributed by atoms with E-state index >= 15 is 0 Å². The molecule has 20 heavy (non-hydrogen) atoms. The molecular formula is C16H24N2O2. The summed E-state index contributed by atoms with van der Waals surface area (Å²) in [6, 6.07) is 8.59. The van der Waals surface area contributed by atoms with Gasteiger partial charge in [-0.25, -0.2) is 0 Å². The van der Waals surface area contributed by atoms with Crippen LogP contribution in [0.2, 0.25) is 0 Å². The van der Waals surface area contributed by atoms with E-state index in [4.69, 9.17) is 4.74 Å². The maximum atomic E-state index is 10.0. The van der Waals surface area contributed by atoms with Gasteiger partial charge in [0.2, 0.25) is 0 Å². The van der Waals surface area contributed by atoms with Gasteiger partial charge < -0.3 is 14.7 Å². The Kier molecular flexibility index (Phi) is 4.13. The molecule has 4 nitrogen and oxygen atoms in total. The molecule has 0 spiro atoms. The van der Waals surface area contributed by atoms with Gasteiger partial charge in [-0.15, -0.1) is 0 Å². The second kappa shape index (κ2) is 6.02. The minimum absolute atomic E-state index is 0.118. The number of methoxy groups -OCH3 is 1. The van der Waals surface area contributed by atoms with Crippen molar-refractivity contribution in [2.45, 2.75) is 31.4 Å². The smallest absolute Gasteiger partial charge is 0.142 e. The molecule has 1 aliphatic heterocycles. The first kappa shape index (κ1) is 13.7. The zero-order valence-electron chi connectivity index (χ0n) is 12.2. The summed E-state index contributed by atoms with van der Waals surface area (Å²) in [6.07, 6.45) is 3.17. The van der Waals surface area contributed by atoms with Crippen molar-refractivity contribution in [3.63, 3.8) is 0 Å². The lowest BCUT2D eigenvalue weighted by Gasteiger charge is -2.40. The van der Waals surface area contributed by atoms with Crippen LogP contribution in [0.4, 0.5) is 5.69 Å². The fourth-order valence-corrected chi connectivity index (χ4v) is 3.53. The molecule has 3 rings (SSSR count). The van der Waals surface area contributed by atoms with E-state index in [0.29, 0.717) is 6.04 Å². The Balaban J connectivity index is 1.63. The fraction of sp³-hybridized carbons (Fsp3) is 0.625. The van der Waals surface area contributed by atoms with E-state index in [2.05, 4.69) is 21.9 Å². The number of hydrogen-bond acceptors (Lipinski definition) is 4. The van der Waals surface area contributed by atoms with E-state index in [1.165, 1.54) is 12.1 Å². The topological polar surface area (TPSA) is 35.9 Å². The lowest BCUT2D eigenvalue weighted by Crippen LogP contribution is -2.52. The molecule has 0 amide bonds. The van der Waals surface area contributed by atoms with E-state index in [-0.39, 0.29) is 6.10 Å². The van der Waals surface area contributed by atoms with Crippen molar-refractivity contribution >= 4 is 5.69 Å². The first-order chi connectivity index (χ1) is 9.79. The molecule has 0 unspecified atom stereocenters. The van der Waals surface area contributed by atoms with Crippen LogP contribution in [0.5, 0.6) is 5.75 Å². The summed E-state index contributed by atoms with van der Waals surface area (Å²) in [5.74, 6) is 0.946. The third-order valence-electron chi connectivity index (χ3n) is 4.65. The largest absolute Gasteiger partial charge is 0.495 e. The first-order valence-electron chi connectivity index (χ1n) is 7.59. The molecule has 1 saturated carbocycles. The SMILES string of the molecule is COc1ccccc1N1CCN([C@@H]2CCC[C@H]2O)CC1. The van der Waals surface area contributed by atoms with Crippen molar-refractivity contribution in [3.8, 4) is 5.75 Å². The van der Waals surface area contributed by atoms with Gasteiger partial charge >= 0.3 is 0 Å². The lowest BCUT2D eigenvalue weighted by molar-refractivity contribution is 0.0671. The number of rotatable bonds is 3. The van der Waals surface area contributed by atoms with Gasteiger partial charge in [0.15, 0.2) is 0 Å². The van der Waals surface area contributed by atoms with Crippen molar-refractivity contribution in [1.82, 2.24) is 4.90 Å². The zero-order valence-corrected chi connectivity index (χ0v) is 12.2. The van der Waals surface area contributed by atoms with E-state index in [9.17, 15) is 5.11 Å². The molecule has 0 bridgehead atoms. The molecule has 2 atom stereocenters. The Morgan fingerprint density at radius 1 is 1.10 bits per heavy atom. The van der Waals surface area contributed by atoms with Crippen LogP contribution in [-0.4, -0.2) is 55.4 Å². The molecule has 110 valence electrons.